The quantitative estimate of drug-likeness (QED) is 0.377. The van der Waals surface area contributed by atoms with Crippen molar-refractivity contribution in [3.05, 3.63) is 58.9 Å². The van der Waals surface area contributed by atoms with Gasteiger partial charge in [0.1, 0.15) is 5.58 Å². The summed E-state index contributed by atoms with van der Waals surface area (Å²) < 4.78 is 5.96. The summed E-state index contributed by atoms with van der Waals surface area (Å²) >= 11 is 0. The lowest BCUT2D eigenvalue weighted by atomic mass is 10.0. The van der Waals surface area contributed by atoms with Crippen molar-refractivity contribution in [2.24, 2.45) is 0 Å². The van der Waals surface area contributed by atoms with Gasteiger partial charge in [0.05, 0.1) is 5.39 Å². The van der Waals surface area contributed by atoms with Gasteiger partial charge < -0.3 is 4.42 Å². The van der Waals surface area contributed by atoms with Crippen LogP contribution in [0, 0.1) is 0 Å². The van der Waals surface area contributed by atoms with E-state index in [0.717, 1.165) is 16.3 Å². The average Bonchev–Trinajstić information content (AvgIpc) is 3.16. The number of hydrogen-bond donors (Lipinski definition) is 1. The van der Waals surface area contributed by atoms with Crippen LogP contribution in [-0.2, 0) is 0 Å². The van der Waals surface area contributed by atoms with Gasteiger partial charge in [-0.15, -0.1) is 10.2 Å². The van der Waals surface area contributed by atoms with Crippen molar-refractivity contribution in [1.82, 2.24) is 25.6 Å². The Hall–Kier alpha value is -3.61. The normalized spacial score (nSPS) is 11.5. The maximum absolute atomic E-state index is 12.6. The van der Waals surface area contributed by atoms with Crippen LogP contribution in [0.15, 0.2) is 57.9 Å². The molecule has 0 saturated carbocycles. The Labute approximate surface area is 133 Å². The van der Waals surface area contributed by atoms with E-state index in [-0.39, 0.29) is 5.43 Å². The number of H-pyrrole nitrogens is 1. The van der Waals surface area contributed by atoms with Gasteiger partial charge in [0.2, 0.25) is 11.3 Å². The van der Waals surface area contributed by atoms with Crippen molar-refractivity contribution in [3.63, 3.8) is 0 Å². The predicted molar refractivity (Wildman–Crippen MR) is 88.5 cm³/mol. The summed E-state index contributed by atoms with van der Waals surface area (Å²) in [5.74, 6) is 0.515. The van der Waals surface area contributed by atoms with Crippen LogP contribution < -0.4 is 5.43 Å². The van der Waals surface area contributed by atoms with Crippen molar-refractivity contribution in [3.8, 4) is 11.4 Å². The Bertz CT molecular complexity index is 1280. The highest BCUT2D eigenvalue weighted by Gasteiger charge is 2.12. The number of hydrogen-bond acceptors (Lipinski definition) is 6. The molecule has 0 spiro atoms. The zero-order chi connectivity index (χ0) is 16.1. The van der Waals surface area contributed by atoms with Crippen LogP contribution in [0.25, 0.3) is 44.2 Å². The van der Waals surface area contributed by atoms with E-state index in [0.29, 0.717) is 27.9 Å². The molecule has 0 unspecified atom stereocenters. The summed E-state index contributed by atoms with van der Waals surface area (Å²) in [5, 5.41) is 16.3. The highest BCUT2D eigenvalue weighted by atomic mass is 16.3. The van der Waals surface area contributed by atoms with Crippen molar-refractivity contribution in [2.45, 2.75) is 0 Å². The standard InChI is InChI=1S/C17H9N5O2/c23-15-12-6-3-9-8-10(17-19-21-22-20-17)4-5-11(9)16(12)24-13-2-1-7-18-14(13)15/h1-8H,(H,19,20,21,22). The lowest BCUT2D eigenvalue weighted by Crippen LogP contribution is -2.03. The minimum absolute atomic E-state index is 0.129. The topological polar surface area (TPSA) is 97.6 Å². The van der Waals surface area contributed by atoms with Gasteiger partial charge in [0.15, 0.2) is 11.1 Å². The van der Waals surface area contributed by atoms with Gasteiger partial charge in [-0.2, -0.15) is 5.21 Å². The van der Waals surface area contributed by atoms with E-state index in [1.807, 2.05) is 24.3 Å². The number of tetrazole rings is 1. The van der Waals surface area contributed by atoms with Gasteiger partial charge in [-0.1, -0.05) is 12.1 Å². The van der Waals surface area contributed by atoms with E-state index in [4.69, 9.17) is 4.42 Å². The molecule has 0 bridgehead atoms. The van der Waals surface area contributed by atoms with Crippen LogP contribution in [0.2, 0.25) is 0 Å². The molecule has 7 heteroatoms. The number of rotatable bonds is 1. The second-order valence-corrected chi connectivity index (χ2v) is 5.39. The molecule has 2 aromatic carbocycles. The Morgan fingerprint density at radius 3 is 2.83 bits per heavy atom. The smallest absolute Gasteiger partial charge is 0.218 e. The van der Waals surface area contributed by atoms with Crippen LogP contribution in [-0.4, -0.2) is 25.6 Å². The molecule has 0 amide bonds. The molecule has 0 fully saturated rings. The fourth-order valence-corrected chi connectivity index (χ4v) is 2.89. The monoisotopic (exact) mass is 315 g/mol. The maximum atomic E-state index is 12.6. The number of pyridine rings is 1. The van der Waals surface area contributed by atoms with Crippen LogP contribution >= 0.6 is 0 Å². The minimum atomic E-state index is -0.129. The lowest BCUT2D eigenvalue weighted by Gasteiger charge is -2.05. The Balaban J connectivity index is 1.88. The molecule has 1 N–H and O–H groups in total. The maximum Gasteiger partial charge on any atom is 0.218 e. The fraction of sp³-hybridized carbons (Fsp3) is 0. The largest absolute Gasteiger partial charge is 0.454 e. The molecule has 0 saturated heterocycles. The highest BCUT2D eigenvalue weighted by molar-refractivity contribution is 6.06. The van der Waals surface area contributed by atoms with Crippen molar-refractivity contribution in [2.75, 3.05) is 0 Å². The molecule has 7 nitrogen and oxygen atoms in total. The molecule has 5 aromatic rings. The van der Waals surface area contributed by atoms with Gasteiger partial charge in [-0.25, -0.2) is 4.98 Å². The van der Waals surface area contributed by atoms with E-state index in [1.54, 1.807) is 24.4 Å². The SMILES string of the molecule is O=c1c2ccc3cc(-c4nn[nH]n4)ccc3c2oc2cccnc12. The van der Waals surface area contributed by atoms with Crippen LogP contribution in [0.1, 0.15) is 0 Å². The summed E-state index contributed by atoms with van der Waals surface area (Å²) in [4.78, 5) is 16.8. The third-order valence-electron chi connectivity index (χ3n) is 4.02. The molecule has 114 valence electrons. The van der Waals surface area contributed by atoms with Gasteiger partial charge in [-0.3, -0.25) is 4.79 Å². The number of nitrogens with one attached hydrogen (secondary N) is 1. The number of nitrogens with zero attached hydrogens (tertiary/aromatic N) is 4. The zero-order valence-electron chi connectivity index (χ0n) is 12.2. The predicted octanol–water partition coefficient (Wildman–Crippen LogP) is 2.67. The highest BCUT2D eigenvalue weighted by Crippen LogP contribution is 2.28. The molecular weight excluding hydrogens is 306 g/mol. The van der Waals surface area contributed by atoms with Crippen LogP contribution in [0.3, 0.4) is 0 Å². The number of aromatic nitrogens is 5. The summed E-state index contributed by atoms with van der Waals surface area (Å²) in [7, 11) is 0. The first-order valence-electron chi connectivity index (χ1n) is 7.29. The van der Waals surface area contributed by atoms with Gasteiger partial charge >= 0.3 is 0 Å². The summed E-state index contributed by atoms with van der Waals surface area (Å²) in [5.41, 5.74) is 2.08. The zero-order valence-corrected chi connectivity index (χ0v) is 12.2. The molecule has 0 radical (unpaired) electrons. The summed E-state index contributed by atoms with van der Waals surface area (Å²) in [6, 6.07) is 12.8. The lowest BCUT2D eigenvalue weighted by molar-refractivity contribution is 0.662. The Kier molecular flexibility index (Phi) is 2.52. The first-order chi connectivity index (χ1) is 11.8. The fourth-order valence-electron chi connectivity index (χ4n) is 2.89. The number of fused-ring (bicyclic) bond motifs is 4. The number of aromatic amines is 1. The molecule has 0 aliphatic carbocycles. The number of benzene rings is 2. The van der Waals surface area contributed by atoms with Crippen LogP contribution in [0.4, 0.5) is 0 Å². The molecule has 0 aliphatic heterocycles. The summed E-state index contributed by atoms with van der Waals surface area (Å²) in [6.07, 6.45) is 1.59. The van der Waals surface area contributed by atoms with Crippen LogP contribution in [0.5, 0.6) is 0 Å². The second-order valence-electron chi connectivity index (χ2n) is 5.39. The van der Waals surface area contributed by atoms with E-state index in [2.05, 4.69) is 25.6 Å². The Morgan fingerprint density at radius 2 is 1.96 bits per heavy atom. The molecule has 24 heavy (non-hydrogen) atoms. The molecule has 3 aromatic heterocycles. The van der Waals surface area contributed by atoms with Crippen molar-refractivity contribution >= 4 is 32.8 Å². The molecular formula is C17H9N5O2. The second kappa shape index (κ2) is 4.69. The molecule has 3 heterocycles. The van der Waals surface area contributed by atoms with Gasteiger partial charge in [0.25, 0.3) is 0 Å². The van der Waals surface area contributed by atoms with E-state index >= 15 is 0 Å². The first kappa shape index (κ1) is 12.9. The van der Waals surface area contributed by atoms with E-state index in [9.17, 15) is 4.79 Å². The molecule has 0 aliphatic rings. The molecule has 5 rings (SSSR count). The van der Waals surface area contributed by atoms with Gasteiger partial charge in [0, 0.05) is 17.1 Å². The van der Waals surface area contributed by atoms with Gasteiger partial charge in [-0.05, 0) is 40.9 Å². The van der Waals surface area contributed by atoms with Crippen molar-refractivity contribution < 1.29 is 4.42 Å². The minimum Gasteiger partial charge on any atom is -0.454 e. The van der Waals surface area contributed by atoms with Crippen molar-refractivity contribution in [1.29, 1.82) is 0 Å². The van der Waals surface area contributed by atoms with E-state index in [1.165, 1.54) is 0 Å². The first-order valence-corrected chi connectivity index (χ1v) is 7.29. The molecule has 0 atom stereocenters. The third-order valence-corrected chi connectivity index (χ3v) is 4.02. The Morgan fingerprint density at radius 1 is 1.04 bits per heavy atom. The average molecular weight is 315 g/mol. The van der Waals surface area contributed by atoms with E-state index < -0.39 is 0 Å². The summed E-state index contributed by atoms with van der Waals surface area (Å²) in [6.45, 7) is 0. The third kappa shape index (κ3) is 1.75.